The number of nitrogens with zero attached hydrogens (tertiary/aromatic N) is 3. The van der Waals surface area contributed by atoms with Gasteiger partial charge >= 0.3 is 0 Å². The highest BCUT2D eigenvalue weighted by Crippen LogP contribution is 2.26. The van der Waals surface area contributed by atoms with Crippen molar-refractivity contribution < 1.29 is 9.18 Å². The minimum atomic E-state index is -0.415. The van der Waals surface area contributed by atoms with Gasteiger partial charge in [0.2, 0.25) is 11.1 Å². The first-order valence-electron chi connectivity index (χ1n) is 8.96. The van der Waals surface area contributed by atoms with Gasteiger partial charge in [0, 0.05) is 6.54 Å². The highest BCUT2D eigenvalue weighted by molar-refractivity contribution is 8.00. The van der Waals surface area contributed by atoms with Gasteiger partial charge in [0.1, 0.15) is 5.82 Å². The number of thioether (sulfide) groups is 1. The number of amides is 1. The Kier molecular flexibility index (Phi) is 6.13. The van der Waals surface area contributed by atoms with Crippen molar-refractivity contribution in [2.24, 2.45) is 5.92 Å². The van der Waals surface area contributed by atoms with Crippen molar-refractivity contribution in [1.82, 2.24) is 20.2 Å². The molecule has 140 valence electrons. The van der Waals surface area contributed by atoms with Crippen molar-refractivity contribution in [3.8, 4) is 11.4 Å². The molecule has 0 saturated heterocycles. The summed E-state index contributed by atoms with van der Waals surface area (Å²) in [4.78, 5) is 12.3. The fourth-order valence-electron chi connectivity index (χ4n) is 3.18. The molecule has 1 aliphatic carbocycles. The standard InChI is InChI=1S/C18H24FN5OS/c1-12(17(25)21-11-13-7-3-2-4-8-13)26-18-23-22-16(24(18)20)14-9-5-6-10-15(14)19/h5-6,9-10,12-13H,2-4,7-8,11,20H2,1H3,(H,21,25). The minimum absolute atomic E-state index is 0.0454. The van der Waals surface area contributed by atoms with Crippen molar-refractivity contribution in [3.63, 3.8) is 0 Å². The molecule has 3 N–H and O–H groups in total. The average molecular weight is 377 g/mol. The van der Waals surface area contributed by atoms with Crippen LogP contribution in [-0.4, -0.2) is 32.6 Å². The number of carbonyl (C=O) groups is 1. The maximum atomic E-state index is 13.9. The molecule has 1 heterocycles. The Morgan fingerprint density at radius 2 is 2.08 bits per heavy atom. The van der Waals surface area contributed by atoms with Crippen molar-refractivity contribution in [1.29, 1.82) is 0 Å². The molecule has 1 aromatic heterocycles. The molecule has 0 aliphatic heterocycles. The first kappa shape index (κ1) is 18.7. The molecule has 2 aromatic rings. The maximum Gasteiger partial charge on any atom is 0.233 e. The number of nitrogens with two attached hydrogens (primary N) is 1. The molecule has 1 fully saturated rings. The van der Waals surface area contributed by atoms with Crippen LogP contribution in [0.5, 0.6) is 0 Å². The Morgan fingerprint density at radius 3 is 2.81 bits per heavy atom. The number of rotatable bonds is 6. The highest BCUT2D eigenvalue weighted by Gasteiger charge is 2.22. The summed E-state index contributed by atoms with van der Waals surface area (Å²) in [5.41, 5.74) is 0.281. The third kappa shape index (κ3) is 4.35. The number of hydrogen-bond donors (Lipinski definition) is 2. The van der Waals surface area contributed by atoms with Gasteiger partial charge in [-0.2, -0.15) is 0 Å². The minimum Gasteiger partial charge on any atom is -0.355 e. The normalized spacial score (nSPS) is 16.4. The lowest BCUT2D eigenvalue weighted by molar-refractivity contribution is -0.120. The lowest BCUT2D eigenvalue weighted by Gasteiger charge is -2.22. The number of benzene rings is 1. The molecular formula is C18H24FN5OS. The Bertz CT molecular complexity index is 760. The van der Waals surface area contributed by atoms with E-state index in [4.69, 9.17) is 5.84 Å². The zero-order valence-corrected chi connectivity index (χ0v) is 15.6. The van der Waals surface area contributed by atoms with E-state index in [2.05, 4.69) is 15.5 Å². The highest BCUT2D eigenvalue weighted by atomic mass is 32.2. The number of hydrogen-bond acceptors (Lipinski definition) is 5. The summed E-state index contributed by atoms with van der Waals surface area (Å²) in [5, 5.41) is 11.0. The first-order valence-corrected chi connectivity index (χ1v) is 9.84. The van der Waals surface area contributed by atoms with E-state index in [-0.39, 0.29) is 22.5 Å². The van der Waals surface area contributed by atoms with E-state index >= 15 is 0 Å². The van der Waals surface area contributed by atoms with Crippen LogP contribution in [0.15, 0.2) is 29.4 Å². The van der Waals surface area contributed by atoms with Gasteiger partial charge in [0.05, 0.1) is 10.8 Å². The van der Waals surface area contributed by atoms with E-state index in [0.717, 1.165) is 6.54 Å². The second-order valence-corrected chi connectivity index (χ2v) is 7.97. The van der Waals surface area contributed by atoms with Crippen LogP contribution in [0.3, 0.4) is 0 Å². The molecule has 8 heteroatoms. The van der Waals surface area contributed by atoms with Crippen LogP contribution in [0, 0.1) is 11.7 Å². The number of aromatic nitrogens is 3. The summed E-state index contributed by atoms with van der Waals surface area (Å²) in [6, 6.07) is 6.25. The Labute approximate surface area is 156 Å². The summed E-state index contributed by atoms with van der Waals surface area (Å²) in [6.07, 6.45) is 6.17. The maximum absolute atomic E-state index is 13.9. The average Bonchev–Trinajstić information content (AvgIpc) is 3.01. The Hall–Kier alpha value is -2.09. The monoisotopic (exact) mass is 377 g/mol. The molecule has 3 rings (SSSR count). The smallest absolute Gasteiger partial charge is 0.233 e. The quantitative estimate of drug-likeness (QED) is 0.597. The van der Waals surface area contributed by atoms with Gasteiger partial charge < -0.3 is 11.2 Å². The van der Waals surface area contributed by atoms with Crippen LogP contribution < -0.4 is 11.2 Å². The third-order valence-corrected chi connectivity index (χ3v) is 5.78. The Balaban J connectivity index is 1.60. The summed E-state index contributed by atoms with van der Waals surface area (Å²) in [5.74, 6) is 6.37. The van der Waals surface area contributed by atoms with E-state index in [0.29, 0.717) is 11.1 Å². The van der Waals surface area contributed by atoms with Crippen LogP contribution in [0.2, 0.25) is 0 Å². The zero-order valence-electron chi connectivity index (χ0n) is 14.8. The lowest BCUT2D eigenvalue weighted by atomic mass is 9.89. The van der Waals surface area contributed by atoms with Crippen molar-refractivity contribution in [2.45, 2.75) is 49.4 Å². The molecule has 1 saturated carbocycles. The molecule has 1 atom stereocenters. The second kappa shape index (κ2) is 8.53. The Morgan fingerprint density at radius 1 is 1.35 bits per heavy atom. The van der Waals surface area contributed by atoms with Gasteiger partial charge in [-0.15, -0.1) is 10.2 Å². The van der Waals surface area contributed by atoms with Gasteiger partial charge in [-0.25, -0.2) is 9.07 Å². The number of nitrogens with one attached hydrogen (secondary N) is 1. The lowest BCUT2D eigenvalue weighted by Crippen LogP contribution is -2.35. The van der Waals surface area contributed by atoms with Crippen molar-refractivity contribution in [2.75, 3.05) is 12.4 Å². The largest absolute Gasteiger partial charge is 0.355 e. The molecule has 1 amide bonds. The van der Waals surface area contributed by atoms with E-state index in [1.807, 2.05) is 0 Å². The molecule has 0 radical (unpaired) electrons. The summed E-state index contributed by atoms with van der Waals surface area (Å²) < 4.78 is 15.2. The van der Waals surface area contributed by atoms with E-state index in [1.165, 1.54) is 54.6 Å². The number of nitrogen functional groups attached to an aromatic ring is 1. The summed E-state index contributed by atoms with van der Waals surface area (Å²) >= 11 is 1.22. The van der Waals surface area contributed by atoms with E-state index in [9.17, 15) is 9.18 Å². The molecule has 26 heavy (non-hydrogen) atoms. The molecule has 0 spiro atoms. The SMILES string of the molecule is CC(Sc1nnc(-c2ccccc2F)n1N)C(=O)NCC1CCCCC1. The number of halogens is 1. The van der Waals surface area contributed by atoms with Crippen LogP contribution in [0.25, 0.3) is 11.4 Å². The van der Waals surface area contributed by atoms with Crippen molar-refractivity contribution in [3.05, 3.63) is 30.1 Å². The molecule has 1 unspecified atom stereocenters. The van der Waals surface area contributed by atoms with E-state index in [1.54, 1.807) is 25.1 Å². The van der Waals surface area contributed by atoms with Gasteiger partial charge in [-0.05, 0) is 37.8 Å². The van der Waals surface area contributed by atoms with Crippen molar-refractivity contribution >= 4 is 17.7 Å². The topological polar surface area (TPSA) is 85.8 Å². The zero-order chi connectivity index (χ0) is 18.5. The van der Waals surface area contributed by atoms with Gasteiger partial charge in [-0.3, -0.25) is 4.79 Å². The predicted molar refractivity (Wildman–Crippen MR) is 100 cm³/mol. The molecular weight excluding hydrogens is 353 g/mol. The summed E-state index contributed by atoms with van der Waals surface area (Å²) in [6.45, 7) is 2.53. The van der Waals surface area contributed by atoms with E-state index < -0.39 is 5.82 Å². The fourth-order valence-corrected chi connectivity index (χ4v) is 3.97. The van der Waals surface area contributed by atoms with Crippen LogP contribution in [0.4, 0.5) is 4.39 Å². The fraction of sp³-hybridized carbons (Fsp3) is 0.500. The predicted octanol–water partition coefficient (Wildman–Crippen LogP) is 2.98. The number of carbonyl (C=O) groups excluding carboxylic acids is 1. The third-order valence-electron chi connectivity index (χ3n) is 4.72. The first-order chi connectivity index (χ1) is 12.6. The second-order valence-electron chi connectivity index (χ2n) is 6.67. The molecule has 1 aromatic carbocycles. The van der Waals surface area contributed by atoms with Gasteiger partial charge in [0.25, 0.3) is 0 Å². The molecule has 0 bridgehead atoms. The molecule has 1 aliphatic rings. The van der Waals surface area contributed by atoms with Gasteiger partial charge in [0.15, 0.2) is 5.82 Å². The van der Waals surface area contributed by atoms with Gasteiger partial charge in [-0.1, -0.05) is 43.2 Å². The van der Waals surface area contributed by atoms with Crippen LogP contribution in [0.1, 0.15) is 39.0 Å². The van der Waals surface area contributed by atoms with Crippen LogP contribution >= 0.6 is 11.8 Å². The molecule has 6 nitrogen and oxygen atoms in total. The van der Waals surface area contributed by atoms with Crippen LogP contribution in [-0.2, 0) is 4.79 Å². The summed E-state index contributed by atoms with van der Waals surface area (Å²) in [7, 11) is 0.